The minimum atomic E-state index is -1.04. The van der Waals surface area contributed by atoms with Gasteiger partial charge in [-0.25, -0.2) is 0 Å². The first kappa shape index (κ1) is 14.1. The van der Waals surface area contributed by atoms with Crippen LogP contribution in [0.15, 0.2) is 48.7 Å². The molecule has 2 N–H and O–H groups in total. The van der Waals surface area contributed by atoms with Gasteiger partial charge in [0.15, 0.2) is 5.54 Å². The summed E-state index contributed by atoms with van der Waals surface area (Å²) in [5.41, 5.74) is 0.724. The average molecular weight is 309 g/mol. The largest absolute Gasteiger partial charge is 0.363 e. The first-order valence-corrected chi connectivity index (χ1v) is 8.02. The van der Waals surface area contributed by atoms with Crippen LogP contribution in [0.3, 0.4) is 0 Å². The highest BCUT2D eigenvalue weighted by molar-refractivity contribution is 6.00. The molecule has 4 rings (SSSR count). The van der Waals surface area contributed by atoms with E-state index >= 15 is 0 Å². The third kappa shape index (κ3) is 2.15. The summed E-state index contributed by atoms with van der Waals surface area (Å²) in [5.74, 6) is -0.0569. The number of carbonyl (C=O) groups excluding carboxylic acids is 2. The Balaban J connectivity index is 1.80. The van der Waals surface area contributed by atoms with Gasteiger partial charge in [0.05, 0.1) is 5.69 Å². The fourth-order valence-corrected chi connectivity index (χ4v) is 3.77. The molecule has 0 radical (unpaired) electrons. The highest BCUT2D eigenvalue weighted by Crippen LogP contribution is 2.34. The number of fused-ring (bicyclic) bond motifs is 1. The van der Waals surface area contributed by atoms with Crippen molar-refractivity contribution in [2.45, 2.75) is 30.8 Å². The molecule has 2 saturated heterocycles. The monoisotopic (exact) mass is 309 g/mol. The van der Waals surface area contributed by atoms with E-state index in [1.807, 2.05) is 42.5 Å². The molecule has 5 heteroatoms. The lowest BCUT2D eigenvalue weighted by atomic mass is 9.83. The molecule has 0 spiro atoms. The topological polar surface area (TPSA) is 65.2 Å². The van der Waals surface area contributed by atoms with E-state index in [9.17, 15) is 9.59 Å². The number of carbonyl (C=O) groups is 2. The summed E-state index contributed by atoms with van der Waals surface area (Å²) in [6, 6.07) is 13.2. The Hall–Kier alpha value is -2.56. The molecule has 0 saturated carbocycles. The van der Waals surface area contributed by atoms with Crippen molar-refractivity contribution in [3.63, 3.8) is 0 Å². The zero-order valence-electron chi connectivity index (χ0n) is 12.8. The summed E-state index contributed by atoms with van der Waals surface area (Å²) >= 11 is 0. The van der Waals surface area contributed by atoms with Gasteiger partial charge < -0.3 is 15.2 Å². The van der Waals surface area contributed by atoms with E-state index in [0.29, 0.717) is 13.0 Å². The number of hydrogen-bond acceptors (Lipinski definition) is 2. The third-order valence-electron chi connectivity index (χ3n) is 4.89. The number of rotatable bonds is 3. The molecular weight excluding hydrogens is 290 g/mol. The quantitative estimate of drug-likeness (QED) is 0.904. The fraction of sp³-hybridized carbons (Fsp3) is 0.333. The smallest absolute Gasteiger partial charge is 0.255 e. The zero-order valence-corrected chi connectivity index (χ0v) is 12.8. The van der Waals surface area contributed by atoms with Crippen molar-refractivity contribution < 1.29 is 9.59 Å². The first-order chi connectivity index (χ1) is 11.2. The van der Waals surface area contributed by atoms with Crippen LogP contribution in [-0.4, -0.2) is 34.3 Å². The van der Waals surface area contributed by atoms with Gasteiger partial charge >= 0.3 is 0 Å². The molecule has 2 atom stereocenters. The van der Waals surface area contributed by atoms with Gasteiger partial charge in [-0.1, -0.05) is 30.3 Å². The van der Waals surface area contributed by atoms with Gasteiger partial charge in [-0.2, -0.15) is 0 Å². The summed E-state index contributed by atoms with van der Waals surface area (Å²) in [5, 5.41) is 3.04. The van der Waals surface area contributed by atoms with Gasteiger partial charge in [-0.3, -0.25) is 9.59 Å². The number of nitrogens with zero attached hydrogens (tertiary/aromatic N) is 1. The molecule has 2 aliphatic rings. The molecule has 118 valence electrons. The van der Waals surface area contributed by atoms with Gasteiger partial charge in [0, 0.05) is 19.2 Å². The second-order valence-electron chi connectivity index (χ2n) is 6.30. The van der Waals surface area contributed by atoms with Crippen LogP contribution in [0, 0.1) is 0 Å². The van der Waals surface area contributed by atoms with E-state index < -0.39 is 5.54 Å². The third-order valence-corrected chi connectivity index (χ3v) is 4.89. The van der Waals surface area contributed by atoms with E-state index in [1.54, 1.807) is 11.1 Å². The zero-order chi connectivity index (χ0) is 15.9. The van der Waals surface area contributed by atoms with Crippen molar-refractivity contribution in [3.05, 3.63) is 59.9 Å². The maximum Gasteiger partial charge on any atom is 0.255 e. The van der Waals surface area contributed by atoms with Gasteiger partial charge in [-0.15, -0.1) is 0 Å². The van der Waals surface area contributed by atoms with Crippen LogP contribution >= 0.6 is 0 Å². The Kier molecular flexibility index (Phi) is 3.22. The molecule has 2 fully saturated rings. The molecule has 2 aromatic rings. The predicted octanol–water partition coefficient (Wildman–Crippen LogP) is 1.57. The van der Waals surface area contributed by atoms with Crippen molar-refractivity contribution in [1.29, 1.82) is 0 Å². The lowest BCUT2D eigenvalue weighted by Crippen LogP contribution is -2.68. The van der Waals surface area contributed by atoms with E-state index in [-0.39, 0.29) is 17.9 Å². The van der Waals surface area contributed by atoms with Crippen molar-refractivity contribution in [3.8, 4) is 0 Å². The second-order valence-corrected chi connectivity index (χ2v) is 6.30. The Bertz CT molecular complexity index is 726. The number of aromatic amines is 1. The second kappa shape index (κ2) is 5.26. The summed E-state index contributed by atoms with van der Waals surface area (Å²) in [6.07, 6.45) is 3.87. The molecule has 0 bridgehead atoms. The molecule has 3 heterocycles. The SMILES string of the molecule is O=C1N[C@](Cc2ccccc2)(c2ccc[nH]2)C(=O)N2CCC[C@@H]12. The molecule has 0 aliphatic carbocycles. The maximum atomic E-state index is 13.3. The van der Waals surface area contributed by atoms with Crippen molar-refractivity contribution in [1.82, 2.24) is 15.2 Å². The number of H-pyrrole nitrogens is 1. The molecule has 2 amide bonds. The molecule has 1 aromatic heterocycles. The van der Waals surface area contributed by atoms with Crippen LogP contribution in [-0.2, 0) is 21.5 Å². The summed E-state index contributed by atoms with van der Waals surface area (Å²) in [4.78, 5) is 30.8. The number of nitrogens with one attached hydrogen (secondary N) is 2. The van der Waals surface area contributed by atoms with Gasteiger partial charge in [0.25, 0.3) is 5.91 Å². The van der Waals surface area contributed by atoms with Gasteiger partial charge in [0.2, 0.25) is 5.91 Å². The molecular formula is C18H19N3O2. The minimum Gasteiger partial charge on any atom is -0.363 e. The number of aromatic nitrogens is 1. The number of piperazine rings is 1. The minimum absolute atomic E-state index is 0.00842. The van der Waals surface area contributed by atoms with Gasteiger partial charge in [0.1, 0.15) is 6.04 Å². The lowest BCUT2D eigenvalue weighted by molar-refractivity contribution is -0.153. The van der Waals surface area contributed by atoms with Crippen LogP contribution in [0.25, 0.3) is 0 Å². The summed E-state index contributed by atoms with van der Waals surface area (Å²) in [6.45, 7) is 0.661. The van der Waals surface area contributed by atoms with Crippen LogP contribution < -0.4 is 5.32 Å². The first-order valence-electron chi connectivity index (χ1n) is 8.02. The summed E-state index contributed by atoms with van der Waals surface area (Å²) in [7, 11) is 0. The number of benzene rings is 1. The van der Waals surface area contributed by atoms with E-state index in [2.05, 4.69) is 10.3 Å². The highest BCUT2D eigenvalue weighted by atomic mass is 16.2. The Morgan fingerprint density at radius 1 is 1.13 bits per heavy atom. The molecule has 1 aromatic carbocycles. The number of amides is 2. The van der Waals surface area contributed by atoms with Gasteiger partial charge in [-0.05, 0) is 30.5 Å². The predicted molar refractivity (Wildman–Crippen MR) is 85.5 cm³/mol. The van der Waals surface area contributed by atoms with Crippen molar-refractivity contribution in [2.24, 2.45) is 0 Å². The van der Waals surface area contributed by atoms with Crippen molar-refractivity contribution >= 4 is 11.8 Å². The van der Waals surface area contributed by atoms with Crippen LogP contribution in [0.4, 0.5) is 0 Å². The van der Waals surface area contributed by atoms with E-state index in [1.165, 1.54) is 0 Å². The standard InChI is InChI=1S/C18H19N3O2/c22-16-14-8-5-11-21(14)17(23)18(20-16,15-9-4-10-19-15)12-13-6-2-1-3-7-13/h1-4,6-7,9-10,14,19H,5,8,11-12H2,(H,20,22)/t14-,18+/m0/s1. The Morgan fingerprint density at radius 2 is 1.96 bits per heavy atom. The molecule has 23 heavy (non-hydrogen) atoms. The van der Waals surface area contributed by atoms with Crippen LogP contribution in [0.2, 0.25) is 0 Å². The number of hydrogen-bond donors (Lipinski definition) is 2. The molecule has 0 unspecified atom stereocenters. The van der Waals surface area contributed by atoms with Crippen molar-refractivity contribution in [2.75, 3.05) is 6.54 Å². The Labute approximate surface area is 134 Å². The molecule has 5 nitrogen and oxygen atoms in total. The van der Waals surface area contributed by atoms with E-state index in [4.69, 9.17) is 0 Å². The normalized spacial score (nSPS) is 27.0. The summed E-state index contributed by atoms with van der Waals surface area (Å²) < 4.78 is 0. The fourth-order valence-electron chi connectivity index (χ4n) is 3.77. The van der Waals surface area contributed by atoms with E-state index in [0.717, 1.165) is 24.1 Å². The van der Waals surface area contributed by atoms with Crippen LogP contribution in [0.1, 0.15) is 24.1 Å². The Morgan fingerprint density at radius 3 is 2.70 bits per heavy atom. The molecule has 2 aliphatic heterocycles. The van der Waals surface area contributed by atoms with Crippen LogP contribution in [0.5, 0.6) is 0 Å². The highest BCUT2D eigenvalue weighted by Gasteiger charge is 2.53. The lowest BCUT2D eigenvalue weighted by Gasteiger charge is -2.43. The maximum absolute atomic E-state index is 13.3. The average Bonchev–Trinajstić information content (AvgIpc) is 3.25.